The molecular formula is C12H17NO3S. The Morgan fingerprint density at radius 1 is 1.35 bits per heavy atom. The molecule has 0 spiro atoms. The fraction of sp³-hybridized carbons (Fsp3) is 0.500. The van der Waals surface area contributed by atoms with Gasteiger partial charge in [0, 0.05) is 0 Å². The molecule has 0 bridgehead atoms. The van der Waals surface area contributed by atoms with Crippen molar-refractivity contribution in [2.24, 2.45) is 5.73 Å². The number of benzene rings is 1. The zero-order valence-electron chi connectivity index (χ0n) is 9.63. The molecule has 1 fully saturated rings. The van der Waals surface area contributed by atoms with Crippen molar-refractivity contribution in [2.45, 2.75) is 18.9 Å². The summed E-state index contributed by atoms with van der Waals surface area (Å²) in [7, 11) is -2.89. The molecule has 1 aliphatic heterocycles. The second-order valence-electron chi connectivity index (χ2n) is 4.29. The Morgan fingerprint density at radius 3 is 2.76 bits per heavy atom. The van der Waals surface area contributed by atoms with Gasteiger partial charge < -0.3 is 10.5 Å². The van der Waals surface area contributed by atoms with Crippen LogP contribution < -0.4 is 10.5 Å². The zero-order chi connectivity index (χ0) is 12.3. The summed E-state index contributed by atoms with van der Waals surface area (Å²) in [5.74, 6) is 1.13. The van der Waals surface area contributed by atoms with Crippen LogP contribution in [0, 0.1) is 0 Å². The molecule has 17 heavy (non-hydrogen) atoms. The largest absolute Gasteiger partial charge is 0.489 e. The summed E-state index contributed by atoms with van der Waals surface area (Å²) in [5, 5.41) is 0. The van der Waals surface area contributed by atoms with Crippen molar-refractivity contribution >= 4 is 9.84 Å². The third-order valence-electron chi connectivity index (χ3n) is 2.87. The molecule has 0 aliphatic carbocycles. The van der Waals surface area contributed by atoms with Crippen LogP contribution in [-0.4, -0.2) is 32.6 Å². The molecule has 4 nitrogen and oxygen atoms in total. The number of rotatable bonds is 4. The predicted molar refractivity (Wildman–Crippen MR) is 66.9 cm³/mol. The molecule has 0 amide bonds. The van der Waals surface area contributed by atoms with Crippen LogP contribution in [0.15, 0.2) is 24.3 Å². The van der Waals surface area contributed by atoms with Crippen molar-refractivity contribution in [3.8, 4) is 5.75 Å². The van der Waals surface area contributed by atoms with Crippen LogP contribution in [0.3, 0.4) is 0 Å². The first-order chi connectivity index (χ1) is 8.11. The number of sulfone groups is 1. The molecule has 1 heterocycles. The fourth-order valence-electron chi connectivity index (χ4n) is 2.01. The lowest BCUT2D eigenvalue weighted by Gasteiger charge is -2.15. The Bertz CT molecular complexity index is 484. The third-order valence-corrected chi connectivity index (χ3v) is 4.61. The van der Waals surface area contributed by atoms with E-state index in [9.17, 15) is 8.42 Å². The zero-order valence-corrected chi connectivity index (χ0v) is 10.4. The highest BCUT2D eigenvalue weighted by Gasteiger charge is 2.29. The molecule has 1 aromatic rings. The van der Waals surface area contributed by atoms with E-state index in [0.717, 1.165) is 17.7 Å². The van der Waals surface area contributed by atoms with Gasteiger partial charge in [-0.15, -0.1) is 0 Å². The number of hydrogen-bond acceptors (Lipinski definition) is 4. The Hall–Kier alpha value is -1.07. The van der Waals surface area contributed by atoms with Gasteiger partial charge in [0.1, 0.15) is 11.9 Å². The van der Waals surface area contributed by atoms with Gasteiger partial charge >= 0.3 is 0 Å². The van der Waals surface area contributed by atoms with Crippen molar-refractivity contribution in [1.82, 2.24) is 0 Å². The van der Waals surface area contributed by atoms with Crippen LogP contribution in [-0.2, 0) is 16.3 Å². The smallest absolute Gasteiger partial charge is 0.154 e. The fourth-order valence-corrected chi connectivity index (χ4v) is 3.60. The standard InChI is InChI=1S/C12H17NO3S/c13-7-5-10-3-1-2-4-12(10)16-11-6-8-17(14,15)9-11/h1-4,11H,5-9,13H2. The second-order valence-corrected chi connectivity index (χ2v) is 6.52. The van der Waals surface area contributed by atoms with Crippen LogP contribution in [0.2, 0.25) is 0 Å². The summed E-state index contributed by atoms with van der Waals surface area (Å²) in [6, 6.07) is 7.66. The molecule has 1 aliphatic rings. The van der Waals surface area contributed by atoms with Gasteiger partial charge in [-0.05, 0) is 31.0 Å². The van der Waals surface area contributed by atoms with Gasteiger partial charge in [-0.3, -0.25) is 0 Å². The van der Waals surface area contributed by atoms with Crippen LogP contribution in [0.5, 0.6) is 5.75 Å². The van der Waals surface area contributed by atoms with Gasteiger partial charge in [0.25, 0.3) is 0 Å². The van der Waals surface area contributed by atoms with E-state index in [4.69, 9.17) is 10.5 Å². The van der Waals surface area contributed by atoms with Crippen LogP contribution >= 0.6 is 0 Å². The molecule has 0 radical (unpaired) electrons. The van der Waals surface area contributed by atoms with Crippen LogP contribution in [0.1, 0.15) is 12.0 Å². The summed E-state index contributed by atoms with van der Waals surface area (Å²) < 4.78 is 28.4. The number of nitrogens with two attached hydrogens (primary N) is 1. The highest BCUT2D eigenvalue weighted by molar-refractivity contribution is 7.91. The van der Waals surface area contributed by atoms with Gasteiger partial charge in [0.2, 0.25) is 0 Å². The van der Waals surface area contributed by atoms with Crippen LogP contribution in [0.4, 0.5) is 0 Å². The predicted octanol–water partition coefficient (Wildman–Crippen LogP) is 0.754. The SMILES string of the molecule is NCCc1ccccc1OC1CCS(=O)(=O)C1. The molecule has 94 valence electrons. The van der Waals surface area contributed by atoms with Gasteiger partial charge in [-0.2, -0.15) is 0 Å². The molecule has 1 unspecified atom stereocenters. The molecule has 2 rings (SSSR count). The van der Waals surface area contributed by atoms with E-state index in [-0.39, 0.29) is 17.6 Å². The first-order valence-electron chi connectivity index (χ1n) is 5.76. The Labute approximate surface area is 102 Å². The van der Waals surface area contributed by atoms with E-state index in [1.165, 1.54) is 0 Å². The maximum absolute atomic E-state index is 11.3. The van der Waals surface area contributed by atoms with Crippen molar-refractivity contribution in [1.29, 1.82) is 0 Å². The van der Waals surface area contributed by atoms with E-state index in [0.29, 0.717) is 13.0 Å². The lowest BCUT2D eigenvalue weighted by molar-refractivity contribution is 0.226. The topological polar surface area (TPSA) is 69.4 Å². The Kier molecular flexibility index (Phi) is 3.69. The molecule has 0 aromatic heterocycles. The first-order valence-corrected chi connectivity index (χ1v) is 7.58. The van der Waals surface area contributed by atoms with E-state index >= 15 is 0 Å². The minimum absolute atomic E-state index is 0.129. The third kappa shape index (κ3) is 3.20. The molecule has 1 aromatic carbocycles. The average Bonchev–Trinajstić information content (AvgIpc) is 2.61. The summed E-state index contributed by atoms with van der Waals surface area (Å²) in [6.07, 6.45) is 1.12. The molecule has 1 atom stereocenters. The summed E-state index contributed by atoms with van der Waals surface area (Å²) in [4.78, 5) is 0. The lowest BCUT2D eigenvalue weighted by Crippen LogP contribution is -2.18. The Balaban J connectivity index is 2.08. The van der Waals surface area contributed by atoms with Crippen LogP contribution in [0.25, 0.3) is 0 Å². The summed E-state index contributed by atoms with van der Waals surface area (Å²) >= 11 is 0. The molecule has 1 saturated heterocycles. The normalized spacial score (nSPS) is 22.5. The van der Waals surface area contributed by atoms with Gasteiger partial charge in [-0.1, -0.05) is 18.2 Å². The maximum Gasteiger partial charge on any atom is 0.154 e. The van der Waals surface area contributed by atoms with E-state index in [2.05, 4.69) is 0 Å². The lowest BCUT2D eigenvalue weighted by atomic mass is 10.1. The van der Waals surface area contributed by atoms with Gasteiger partial charge in [0.15, 0.2) is 9.84 Å². The number of ether oxygens (including phenoxy) is 1. The molecule has 2 N–H and O–H groups in total. The van der Waals surface area contributed by atoms with E-state index in [1.54, 1.807) is 0 Å². The maximum atomic E-state index is 11.3. The average molecular weight is 255 g/mol. The monoisotopic (exact) mass is 255 g/mol. The van der Waals surface area contributed by atoms with Crippen molar-refractivity contribution in [3.05, 3.63) is 29.8 Å². The molecule has 5 heteroatoms. The highest BCUT2D eigenvalue weighted by Crippen LogP contribution is 2.23. The van der Waals surface area contributed by atoms with Crippen molar-refractivity contribution in [2.75, 3.05) is 18.1 Å². The molecular weight excluding hydrogens is 238 g/mol. The second kappa shape index (κ2) is 5.06. The number of para-hydroxylation sites is 1. The molecule has 0 saturated carbocycles. The van der Waals surface area contributed by atoms with Gasteiger partial charge in [-0.25, -0.2) is 8.42 Å². The van der Waals surface area contributed by atoms with Crippen molar-refractivity contribution in [3.63, 3.8) is 0 Å². The van der Waals surface area contributed by atoms with E-state index in [1.807, 2.05) is 24.3 Å². The quantitative estimate of drug-likeness (QED) is 0.862. The Morgan fingerprint density at radius 2 is 2.12 bits per heavy atom. The summed E-state index contributed by atoms with van der Waals surface area (Å²) in [5.41, 5.74) is 6.57. The minimum atomic E-state index is -2.89. The van der Waals surface area contributed by atoms with Gasteiger partial charge in [0.05, 0.1) is 11.5 Å². The first kappa shape index (κ1) is 12.4. The van der Waals surface area contributed by atoms with Crippen molar-refractivity contribution < 1.29 is 13.2 Å². The highest BCUT2D eigenvalue weighted by atomic mass is 32.2. The minimum Gasteiger partial charge on any atom is -0.489 e. The summed E-state index contributed by atoms with van der Waals surface area (Å²) in [6.45, 7) is 0.559. The van der Waals surface area contributed by atoms with E-state index < -0.39 is 9.84 Å². The number of hydrogen-bond donors (Lipinski definition) is 1.